The van der Waals surface area contributed by atoms with Crippen LogP contribution in [0.2, 0.25) is 0 Å². The Labute approximate surface area is 119 Å². The van der Waals surface area contributed by atoms with Gasteiger partial charge in [-0.25, -0.2) is 9.59 Å². The smallest absolute Gasteiger partial charge is 0.334 e. The van der Waals surface area contributed by atoms with Crippen molar-refractivity contribution in [3.8, 4) is 0 Å². The van der Waals surface area contributed by atoms with Gasteiger partial charge in [-0.2, -0.15) is 0 Å². The summed E-state index contributed by atoms with van der Waals surface area (Å²) in [5.74, 6) is -1.28. The van der Waals surface area contributed by atoms with Gasteiger partial charge in [-0.05, 0) is 32.1 Å². The van der Waals surface area contributed by atoms with Gasteiger partial charge in [0.25, 0.3) is 0 Å². The summed E-state index contributed by atoms with van der Waals surface area (Å²) in [6.45, 7) is 20.7. The highest BCUT2D eigenvalue weighted by molar-refractivity contribution is 5.88. The number of ether oxygens (including phenoxy) is 2. The van der Waals surface area contributed by atoms with E-state index in [1.54, 1.807) is 0 Å². The van der Waals surface area contributed by atoms with E-state index in [0.717, 1.165) is 0 Å². The maximum absolute atomic E-state index is 11.7. The molecule has 0 spiro atoms. The molecule has 1 unspecified atom stereocenters. The lowest BCUT2D eigenvalue weighted by atomic mass is 9.96. The Morgan fingerprint density at radius 1 is 1.00 bits per heavy atom. The van der Waals surface area contributed by atoms with Crippen molar-refractivity contribution in [2.24, 2.45) is 0 Å². The Bertz CT molecular complexity index is 463. The fourth-order valence-corrected chi connectivity index (χ4v) is 1.25. The molecule has 4 heteroatoms. The lowest BCUT2D eigenvalue weighted by molar-refractivity contribution is -0.163. The molecule has 0 aliphatic rings. The topological polar surface area (TPSA) is 52.6 Å². The summed E-state index contributed by atoms with van der Waals surface area (Å²) in [5, 5.41) is 0. The van der Waals surface area contributed by atoms with E-state index in [2.05, 4.69) is 32.9 Å². The molecule has 0 saturated heterocycles. The summed E-state index contributed by atoms with van der Waals surface area (Å²) in [4.78, 5) is 23.3. The maximum Gasteiger partial charge on any atom is 0.334 e. The predicted octanol–water partition coefficient (Wildman–Crippen LogP) is 2.89. The standard InChI is InChI=1S/C16H20O4/c1-8-13(19-14(17)11(4)5)16(9-2,10-3)20-15(18)12(6)7/h8-10,13H,1-4,6H2,5,7H3. The summed E-state index contributed by atoms with van der Waals surface area (Å²) in [7, 11) is 0. The predicted molar refractivity (Wildman–Crippen MR) is 78.9 cm³/mol. The highest BCUT2D eigenvalue weighted by Gasteiger charge is 2.38. The first-order valence-electron chi connectivity index (χ1n) is 5.89. The molecule has 0 radical (unpaired) electrons. The zero-order chi connectivity index (χ0) is 15.9. The summed E-state index contributed by atoms with van der Waals surface area (Å²) in [5.41, 5.74) is -1.000. The molecule has 0 N–H and O–H groups in total. The molecule has 0 bridgehead atoms. The summed E-state index contributed by atoms with van der Waals surface area (Å²) >= 11 is 0. The fraction of sp³-hybridized carbons (Fsp3) is 0.250. The second-order valence-electron chi connectivity index (χ2n) is 4.27. The molecule has 20 heavy (non-hydrogen) atoms. The maximum atomic E-state index is 11.7. The molecule has 0 aliphatic carbocycles. The second-order valence-corrected chi connectivity index (χ2v) is 4.27. The van der Waals surface area contributed by atoms with Crippen LogP contribution < -0.4 is 0 Å². The first-order chi connectivity index (χ1) is 9.23. The first-order valence-corrected chi connectivity index (χ1v) is 5.89. The van der Waals surface area contributed by atoms with Crippen molar-refractivity contribution in [2.45, 2.75) is 25.6 Å². The van der Waals surface area contributed by atoms with E-state index in [4.69, 9.17) is 9.47 Å². The quantitative estimate of drug-likeness (QED) is 0.388. The number of rotatable bonds is 8. The molecule has 0 rings (SSSR count). The lowest BCUT2D eigenvalue weighted by Crippen LogP contribution is -2.44. The highest BCUT2D eigenvalue weighted by Crippen LogP contribution is 2.25. The molecular weight excluding hydrogens is 256 g/mol. The molecule has 4 nitrogen and oxygen atoms in total. The van der Waals surface area contributed by atoms with Crippen LogP contribution >= 0.6 is 0 Å². The molecule has 0 aliphatic heterocycles. The van der Waals surface area contributed by atoms with Crippen molar-refractivity contribution in [2.75, 3.05) is 0 Å². The molecule has 0 saturated carbocycles. The van der Waals surface area contributed by atoms with Crippen LogP contribution in [-0.4, -0.2) is 23.6 Å². The van der Waals surface area contributed by atoms with Crippen molar-refractivity contribution in [1.29, 1.82) is 0 Å². The van der Waals surface area contributed by atoms with E-state index < -0.39 is 23.6 Å². The van der Waals surface area contributed by atoms with Crippen molar-refractivity contribution in [3.63, 3.8) is 0 Å². The highest BCUT2D eigenvalue weighted by atomic mass is 16.6. The molecule has 0 aromatic carbocycles. The van der Waals surface area contributed by atoms with Crippen molar-refractivity contribution < 1.29 is 19.1 Å². The average Bonchev–Trinajstić information content (AvgIpc) is 2.41. The van der Waals surface area contributed by atoms with Gasteiger partial charge in [0.05, 0.1) is 0 Å². The van der Waals surface area contributed by atoms with Crippen LogP contribution in [-0.2, 0) is 19.1 Å². The van der Waals surface area contributed by atoms with Gasteiger partial charge in [-0.1, -0.05) is 32.9 Å². The van der Waals surface area contributed by atoms with E-state index >= 15 is 0 Å². The molecular formula is C16H20O4. The Balaban J connectivity index is 5.44. The van der Waals surface area contributed by atoms with E-state index in [1.807, 2.05) is 0 Å². The van der Waals surface area contributed by atoms with E-state index in [9.17, 15) is 9.59 Å². The summed E-state index contributed by atoms with van der Waals surface area (Å²) in [6, 6.07) is 0. The number of esters is 2. The number of carbonyl (C=O) groups excluding carboxylic acids is 2. The van der Waals surface area contributed by atoms with Crippen molar-refractivity contribution in [3.05, 3.63) is 62.3 Å². The SMILES string of the molecule is C=CC(OC(=O)C(=C)C)C(C=C)(C=C)OC(=O)C(=C)C. The largest absolute Gasteiger partial charge is 0.450 e. The Hall–Kier alpha value is -2.36. The molecule has 0 aromatic heterocycles. The average molecular weight is 276 g/mol. The third-order valence-electron chi connectivity index (χ3n) is 2.50. The minimum Gasteiger partial charge on any atom is -0.450 e. The van der Waals surface area contributed by atoms with Crippen LogP contribution in [0, 0.1) is 0 Å². The number of hydrogen-bond acceptors (Lipinski definition) is 4. The van der Waals surface area contributed by atoms with Crippen LogP contribution in [0.4, 0.5) is 0 Å². The van der Waals surface area contributed by atoms with Gasteiger partial charge in [0.15, 0.2) is 11.7 Å². The molecule has 0 fully saturated rings. The summed E-state index contributed by atoms with van der Waals surface area (Å²) in [6.07, 6.45) is 3.00. The van der Waals surface area contributed by atoms with Gasteiger partial charge in [-0.15, -0.1) is 0 Å². The number of hydrogen-bond donors (Lipinski definition) is 0. The zero-order valence-corrected chi connectivity index (χ0v) is 12.0. The number of carbonyl (C=O) groups is 2. The zero-order valence-electron chi connectivity index (χ0n) is 12.0. The lowest BCUT2D eigenvalue weighted by Gasteiger charge is -2.33. The van der Waals surface area contributed by atoms with Gasteiger partial charge in [0, 0.05) is 11.1 Å². The van der Waals surface area contributed by atoms with Crippen LogP contribution in [0.3, 0.4) is 0 Å². The monoisotopic (exact) mass is 276 g/mol. The van der Waals surface area contributed by atoms with Crippen LogP contribution in [0.5, 0.6) is 0 Å². The minimum absolute atomic E-state index is 0.201. The van der Waals surface area contributed by atoms with Gasteiger partial charge >= 0.3 is 11.9 Å². The molecule has 0 heterocycles. The van der Waals surface area contributed by atoms with E-state index in [-0.39, 0.29) is 11.1 Å². The van der Waals surface area contributed by atoms with E-state index in [0.29, 0.717) is 0 Å². The molecule has 1 atom stereocenters. The van der Waals surface area contributed by atoms with Gasteiger partial charge in [0.2, 0.25) is 0 Å². The van der Waals surface area contributed by atoms with Gasteiger partial charge in [0.1, 0.15) is 0 Å². The Kier molecular flexibility index (Phi) is 6.42. The van der Waals surface area contributed by atoms with Crippen molar-refractivity contribution >= 4 is 11.9 Å². The Morgan fingerprint density at radius 2 is 1.45 bits per heavy atom. The third kappa shape index (κ3) is 4.09. The normalized spacial score (nSPS) is 11.7. The van der Waals surface area contributed by atoms with Gasteiger partial charge in [-0.3, -0.25) is 0 Å². The fourth-order valence-electron chi connectivity index (χ4n) is 1.25. The van der Waals surface area contributed by atoms with Crippen LogP contribution in [0.25, 0.3) is 0 Å². The van der Waals surface area contributed by atoms with E-state index in [1.165, 1.54) is 32.1 Å². The second kappa shape index (κ2) is 7.28. The van der Waals surface area contributed by atoms with Gasteiger partial charge < -0.3 is 9.47 Å². The van der Waals surface area contributed by atoms with Crippen LogP contribution in [0.1, 0.15) is 13.8 Å². The molecule has 0 amide bonds. The first kappa shape index (κ1) is 17.6. The minimum atomic E-state index is -1.41. The Morgan fingerprint density at radius 3 is 1.75 bits per heavy atom. The molecule has 108 valence electrons. The van der Waals surface area contributed by atoms with Crippen molar-refractivity contribution in [1.82, 2.24) is 0 Å². The summed E-state index contributed by atoms with van der Waals surface area (Å²) < 4.78 is 10.5. The third-order valence-corrected chi connectivity index (χ3v) is 2.50. The van der Waals surface area contributed by atoms with Crippen LogP contribution in [0.15, 0.2) is 62.3 Å². The molecule has 0 aromatic rings.